The van der Waals surface area contributed by atoms with Gasteiger partial charge in [0.15, 0.2) is 0 Å². The van der Waals surface area contributed by atoms with Crippen LogP contribution in [0.5, 0.6) is 0 Å². The molecule has 0 amide bonds. The number of hydrogen-bond donors (Lipinski definition) is 1. The van der Waals surface area contributed by atoms with Gasteiger partial charge in [0.05, 0.1) is 6.10 Å². The maximum atomic E-state index is 9.85. The average molecular weight is 287 g/mol. The number of hydrogen-bond acceptors (Lipinski definition) is 2. The van der Waals surface area contributed by atoms with E-state index in [2.05, 4.69) is 28.1 Å². The van der Waals surface area contributed by atoms with Crippen molar-refractivity contribution in [3.63, 3.8) is 0 Å². The maximum absolute atomic E-state index is 9.85. The van der Waals surface area contributed by atoms with Crippen LogP contribution in [0.3, 0.4) is 0 Å². The van der Waals surface area contributed by atoms with Gasteiger partial charge < -0.3 is 5.11 Å². The zero-order valence-electron chi connectivity index (χ0n) is 8.53. The molecule has 1 nitrogen and oxygen atoms in total. The van der Waals surface area contributed by atoms with Crippen LogP contribution in [-0.4, -0.2) is 17.0 Å². The molecular weight excluding hydrogens is 272 g/mol. The molecule has 1 aliphatic carbocycles. The Labute approximate surface area is 103 Å². The molecule has 1 aromatic carbocycles. The van der Waals surface area contributed by atoms with Crippen LogP contribution in [0.4, 0.5) is 0 Å². The Morgan fingerprint density at radius 2 is 2.00 bits per heavy atom. The van der Waals surface area contributed by atoms with Crippen molar-refractivity contribution in [3.8, 4) is 0 Å². The van der Waals surface area contributed by atoms with Crippen LogP contribution in [0.1, 0.15) is 19.3 Å². The van der Waals surface area contributed by atoms with E-state index in [4.69, 9.17) is 0 Å². The van der Waals surface area contributed by atoms with Crippen molar-refractivity contribution in [1.82, 2.24) is 0 Å². The Bertz CT molecular complexity index is 308. The van der Waals surface area contributed by atoms with Crippen LogP contribution in [0.25, 0.3) is 0 Å². The van der Waals surface area contributed by atoms with E-state index in [-0.39, 0.29) is 6.10 Å². The molecule has 3 heteroatoms. The Kier molecular flexibility index (Phi) is 4.12. The van der Waals surface area contributed by atoms with Crippen LogP contribution >= 0.6 is 27.7 Å². The summed E-state index contributed by atoms with van der Waals surface area (Å²) < 4.78 is 1.10. The van der Waals surface area contributed by atoms with Crippen molar-refractivity contribution >= 4 is 27.7 Å². The minimum atomic E-state index is -0.118. The molecule has 82 valence electrons. The van der Waals surface area contributed by atoms with E-state index in [1.807, 2.05) is 12.1 Å². The standard InChI is InChI=1S/C12H15BrOS/c13-10-4-6-11(7-5-10)15-8-12(14)9-2-1-3-9/h4-7,9,12,14H,1-3,8H2. The molecule has 1 aromatic rings. The van der Waals surface area contributed by atoms with E-state index in [1.54, 1.807) is 11.8 Å². The van der Waals surface area contributed by atoms with Crippen molar-refractivity contribution in [2.45, 2.75) is 30.3 Å². The highest BCUT2D eigenvalue weighted by atomic mass is 79.9. The van der Waals surface area contributed by atoms with E-state index >= 15 is 0 Å². The van der Waals surface area contributed by atoms with Crippen molar-refractivity contribution in [2.75, 3.05) is 5.75 Å². The predicted molar refractivity (Wildman–Crippen MR) is 68.2 cm³/mol. The smallest absolute Gasteiger partial charge is 0.0662 e. The third-order valence-corrected chi connectivity index (χ3v) is 4.57. The normalized spacial score (nSPS) is 18.5. The molecule has 15 heavy (non-hydrogen) atoms. The van der Waals surface area contributed by atoms with E-state index in [1.165, 1.54) is 24.2 Å². The first-order chi connectivity index (χ1) is 7.25. The fourth-order valence-corrected chi connectivity index (χ4v) is 2.90. The van der Waals surface area contributed by atoms with Gasteiger partial charge in [-0.2, -0.15) is 0 Å². The van der Waals surface area contributed by atoms with Gasteiger partial charge in [0, 0.05) is 15.1 Å². The van der Waals surface area contributed by atoms with Crippen LogP contribution in [-0.2, 0) is 0 Å². The zero-order chi connectivity index (χ0) is 10.7. The van der Waals surface area contributed by atoms with Crippen LogP contribution in [0.2, 0.25) is 0 Å². The highest BCUT2D eigenvalue weighted by molar-refractivity contribution is 9.10. The third kappa shape index (κ3) is 3.23. The predicted octanol–water partition coefficient (Wildman–Crippen LogP) is 3.70. The summed E-state index contributed by atoms with van der Waals surface area (Å²) in [4.78, 5) is 1.23. The third-order valence-electron chi connectivity index (χ3n) is 2.93. The van der Waals surface area contributed by atoms with Gasteiger partial charge >= 0.3 is 0 Å². The summed E-state index contributed by atoms with van der Waals surface area (Å²) >= 11 is 5.15. The van der Waals surface area contributed by atoms with Crippen molar-refractivity contribution in [3.05, 3.63) is 28.7 Å². The van der Waals surface area contributed by atoms with Gasteiger partial charge in [-0.05, 0) is 43.0 Å². The molecule has 0 heterocycles. The topological polar surface area (TPSA) is 20.2 Å². The van der Waals surface area contributed by atoms with Gasteiger partial charge in [0.1, 0.15) is 0 Å². The molecule has 0 saturated heterocycles. The molecule has 1 unspecified atom stereocenters. The summed E-state index contributed by atoms with van der Waals surface area (Å²) in [6.45, 7) is 0. The summed E-state index contributed by atoms with van der Waals surface area (Å²) in [6, 6.07) is 8.25. The molecule has 0 bridgehead atoms. The molecule has 1 N–H and O–H groups in total. The van der Waals surface area contributed by atoms with E-state index in [9.17, 15) is 5.11 Å². The first kappa shape index (κ1) is 11.5. The molecule has 1 saturated carbocycles. The van der Waals surface area contributed by atoms with Gasteiger partial charge in [-0.25, -0.2) is 0 Å². The van der Waals surface area contributed by atoms with Crippen LogP contribution < -0.4 is 0 Å². The molecular formula is C12H15BrOS. The fourth-order valence-electron chi connectivity index (χ4n) is 1.67. The number of thioether (sulfide) groups is 1. The molecule has 2 rings (SSSR count). The zero-order valence-corrected chi connectivity index (χ0v) is 10.9. The molecule has 1 fully saturated rings. The first-order valence-electron chi connectivity index (χ1n) is 5.32. The summed E-state index contributed by atoms with van der Waals surface area (Å²) in [5.74, 6) is 1.39. The van der Waals surface area contributed by atoms with Gasteiger partial charge in [0.2, 0.25) is 0 Å². The largest absolute Gasteiger partial charge is 0.392 e. The van der Waals surface area contributed by atoms with Crippen molar-refractivity contribution < 1.29 is 5.11 Å². The van der Waals surface area contributed by atoms with Gasteiger partial charge in [-0.3, -0.25) is 0 Å². The highest BCUT2D eigenvalue weighted by Gasteiger charge is 2.25. The van der Waals surface area contributed by atoms with Crippen LogP contribution in [0.15, 0.2) is 33.6 Å². The molecule has 1 atom stereocenters. The summed E-state index contributed by atoms with van der Waals surface area (Å²) in [7, 11) is 0. The second-order valence-electron chi connectivity index (χ2n) is 4.02. The highest BCUT2D eigenvalue weighted by Crippen LogP contribution is 2.32. The van der Waals surface area contributed by atoms with Gasteiger partial charge in [-0.1, -0.05) is 22.4 Å². The summed E-state index contributed by atoms with van der Waals surface area (Å²) in [6.07, 6.45) is 3.60. The molecule has 0 aromatic heterocycles. The summed E-state index contributed by atoms with van der Waals surface area (Å²) in [5, 5.41) is 9.85. The maximum Gasteiger partial charge on any atom is 0.0662 e. The molecule has 0 aliphatic heterocycles. The molecule has 1 aliphatic rings. The fraction of sp³-hybridized carbons (Fsp3) is 0.500. The van der Waals surface area contributed by atoms with Crippen molar-refractivity contribution in [1.29, 1.82) is 0 Å². The number of aliphatic hydroxyl groups is 1. The lowest BCUT2D eigenvalue weighted by Gasteiger charge is -2.29. The number of aliphatic hydroxyl groups excluding tert-OH is 1. The van der Waals surface area contributed by atoms with E-state index in [0.717, 1.165) is 10.2 Å². The number of halogens is 1. The van der Waals surface area contributed by atoms with Crippen molar-refractivity contribution in [2.24, 2.45) is 5.92 Å². The molecule has 0 spiro atoms. The number of benzene rings is 1. The Morgan fingerprint density at radius 3 is 2.53 bits per heavy atom. The quantitative estimate of drug-likeness (QED) is 0.852. The Balaban J connectivity index is 1.79. The lowest BCUT2D eigenvalue weighted by Crippen LogP contribution is -2.28. The molecule has 0 radical (unpaired) electrons. The SMILES string of the molecule is OC(CSc1ccc(Br)cc1)C1CCC1. The van der Waals surface area contributed by atoms with E-state index < -0.39 is 0 Å². The minimum Gasteiger partial charge on any atom is -0.392 e. The second kappa shape index (κ2) is 5.37. The lowest BCUT2D eigenvalue weighted by molar-refractivity contribution is 0.0817. The van der Waals surface area contributed by atoms with Gasteiger partial charge in [-0.15, -0.1) is 11.8 Å². The number of rotatable bonds is 4. The van der Waals surface area contributed by atoms with Gasteiger partial charge in [0.25, 0.3) is 0 Å². The van der Waals surface area contributed by atoms with Crippen LogP contribution in [0, 0.1) is 5.92 Å². The first-order valence-corrected chi connectivity index (χ1v) is 7.10. The average Bonchev–Trinajstić information content (AvgIpc) is 2.14. The minimum absolute atomic E-state index is 0.118. The summed E-state index contributed by atoms with van der Waals surface area (Å²) in [5.41, 5.74) is 0. The monoisotopic (exact) mass is 286 g/mol. The van der Waals surface area contributed by atoms with E-state index in [0.29, 0.717) is 5.92 Å². The Morgan fingerprint density at radius 1 is 1.33 bits per heavy atom. The Hall–Kier alpha value is 0.01000. The lowest BCUT2D eigenvalue weighted by atomic mass is 9.82. The second-order valence-corrected chi connectivity index (χ2v) is 6.03.